The Balaban J connectivity index is 1.67. The highest BCUT2D eigenvalue weighted by atomic mass is 19.3. The molecule has 0 radical (unpaired) electrons. The Morgan fingerprint density at radius 2 is 2.00 bits per heavy atom. The molecular weight excluding hydrogens is 370 g/mol. The van der Waals surface area contributed by atoms with E-state index in [9.17, 15) is 8.78 Å². The van der Waals surface area contributed by atoms with Gasteiger partial charge in [-0.2, -0.15) is 0 Å². The molecule has 2 aliphatic rings. The van der Waals surface area contributed by atoms with E-state index >= 15 is 0 Å². The van der Waals surface area contributed by atoms with Crippen molar-refractivity contribution in [2.45, 2.75) is 25.7 Å². The number of benzene rings is 1. The lowest BCUT2D eigenvalue weighted by molar-refractivity contribution is 0.151. The van der Waals surface area contributed by atoms with E-state index in [0.717, 1.165) is 72.4 Å². The Labute approximate surface area is 168 Å². The molecule has 2 aromatic heterocycles. The molecule has 5 rings (SSSR count). The van der Waals surface area contributed by atoms with Gasteiger partial charge in [0.25, 0.3) is 6.43 Å². The van der Waals surface area contributed by atoms with Crippen molar-refractivity contribution >= 4 is 28.0 Å². The van der Waals surface area contributed by atoms with Gasteiger partial charge in [0.2, 0.25) is 0 Å². The second-order valence-corrected chi connectivity index (χ2v) is 7.52. The maximum Gasteiger partial charge on any atom is 0.264 e. The lowest BCUT2D eigenvalue weighted by Gasteiger charge is -2.32. The first kappa shape index (κ1) is 18.2. The van der Waals surface area contributed by atoms with Crippen molar-refractivity contribution in [3.63, 3.8) is 0 Å². The minimum atomic E-state index is -2.52. The van der Waals surface area contributed by atoms with E-state index in [-0.39, 0.29) is 5.56 Å². The minimum Gasteiger partial charge on any atom is -0.324 e. The zero-order valence-electron chi connectivity index (χ0n) is 16.0. The van der Waals surface area contributed by atoms with Crippen molar-refractivity contribution < 1.29 is 8.78 Å². The summed E-state index contributed by atoms with van der Waals surface area (Å²) in [6.45, 7) is 2.29. The molecule has 29 heavy (non-hydrogen) atoms. The number of pyridine rings is 2. The fraction of sp³-hybridized carbons (Fsp3) is 0.304. The lowest BCUT2D eigenvalue weighted by Crippen LogP contribution is -2.26. The van der Waals surface area contributed by atoms with Crippen LogP contribution in [-0.2, 0) is 6.42 Å². The van der Waals surface area contributed by atoms with E-state index in [1.807, 2.05) is 30.3 Å². The number of alkyl halides is 2. The molecule has 6 heteroatoms. The van der Waals surface area contributed by atoms with Crippen LogP contribution in [0.4, 0.5) is 20.3 Å². The molecule has 2 aliphatic heterocycles. The van der Waals surface area contributed by atoms with Gasteiger partial charge in [-0.05, 0) is 66.8 Å². The highest BCUT2D eigenvalue weighted by Gasteiger charge is 2.26. The molecule has 0 fully saturated rings. The molecule has 0 unspecified atom stereocenters. The Morgan fingerprint density at radius 3 is 2.83 bits per heavy atom. The zero-order chi connectivity index (χ0) is 19.8. The number of nitrogens with zero attached hydrogens (tertiary/aromatic N) is 3. The molecule has 0 saturated heterocycles. The topological polar surface area (TPSA) is 41.0 Å². The molecular formula is C23H22F2N4. The van der Waals surface area contributed by atoms with Crippen LogP contribution >= 0.6 is 0 Å². The van der Waals surface area contributed by atoms with Crippen LogP contribution in [0, 0.1) is 0 Å². The third kappa shape index (κ3) is 3.27. The zero-order valence-corrected chi connectivity index (χ0v) is 16.0. The van der Waals surface area contributed by atoms with Gasteiger partial charge >= 0.3 is 0 Å². The SMILES string of the molecule is FC(F)c1cc2c(cc1C1=CCNCC1)CCCN2c1nccc2cccnc12. The van der Waals surface area contributed by atoms with E-state index < -0.39 is 6.43 Å². The smallest absolute Gasteiger partial charge is 0.264 e. The van der Waals surface area contributed by atoms with Gasteiger partial charge in [0.05, 0.1) is 0 Å². The van der Waals surface area contributed by atoms with Crippen molar-refractivity contribution in [3.8, 4) is 0 Å². The molecule has 3 aromatic rings. The van der Waals surface area contributed by atoms with E-state index in [1.54, 1.807) is 18.5 Å². The first-order valence-electron chi connectivity index (χ1n) is 10.0. The van der Waals surface area contributed by atoms with Crippen LogP contribution < -0.4 is 10.2 Å². The number of hydrogen-bond acceptors (Lipinski definition) is 4. The first-order chi connectivity index (χ1) is 14.2. The monoisotopic (exact) mass is 392 g/mol. The number of fused-ring (bicyclic) bond motifs is 2. The summed E-state index contributed by atoms with van der Waals surface area (Å²) in [4.78, 5) is 11.1. The summed E-state index contributed by atoms with van der Waals surface area (Å²) in [5, 5.41) is 4.25. The number of rotatable bonds is 3. The standard InChI is InChI=1S/C23H22F2N4/c24-22(25)19-14-20-17(13-18(19)15-5-9-26-10-6-15)4-2-12-29(20)23-21-16(7-11-28-23)3-1-8-27-21/h1,3,5,7-8,11,13-14,22,26H,2,4,6,9-10,12H2. The summed E-state index contributed by atoms with van der Waals surface area (Å²) >= 11 is 0. The molecule has 1 N–H and O–H groups in total. The predicted octanol–water partition coefficient (Wildman–Crippen LogP) is 5.03. The number of aromatic nitrogens is 2. The third-order valence-corrected chi connectivity index (χ3v) is 5.77. The fourth-order valence-electron chi connectivity index (χ4n) is 4.38. The second kappa shape index (κ2) is 7.52. The molecule has 0 aliphatic carbocycles. The summed E-state index contributed by atoms with van der Waals surface area (Å²) in [5.41, 5.74) is 4.55. The molecule has 0 spiro atoms. The average Bonchev–Trinajstić information content (AvgIpc) is 2.78. The molecule has 0 bridgehead atoms. The predicted molar refractivity (Wildman–Crippen MR) is 112 cm³/mol. The van der Waals surface area contributed by atoms with Crippen molar-refractivity contribution in [2.24, 2.45) is 0 Å². The fourth-order valence-corrected chi connectivity index (χ4v) is 4.38. The number of hydrogen-bond donors (Lipinski definition) is 1. The molecule has 4 heterocycles. The van der Waals surface area contributed by atoms with Crippen molar-refractivity contribution in [2.75, 3.05) is 24.5 Å². The first-order valence-corrected chi connectivity index (χ1v) is 10.0. The number of halogens is 2. The normalized spacial score (nSPS) is 16.8. The van der Waals surface area contributed by atoms with Crippen molar-refractivity contribution in [1.82, 2.24) is 15.3 Å². The Morgan fingerprint density at radius 1 is 1.07 bits per heavy atom. The largest absolute Gasteiger partial charge is 0.324 e. The second-order valence-electron chi connectivity index (χ2n) is 7.52. The quantitative estimate of drug-likeness (QED) is 0.679. The molecule has 1 aromatic carbocycles. The van der Waals surface area contributed by atoms with Crippen molar-refractivity contribution in [1.29, 1.82) is 0 Å². The van der Waals surface area contributed by atoms with Crippen LogP contribution in [0.1, 0.15) is 36.0 Å². The van der Waals surface area contributed by atoms with E-state index in [2.05, 4.69) is 20.2 Å². The molecule has 0 amide bonds. The van der Waals surface area contributed by atoms with Gasteiger partial charge in [-0.1, -0.05) is 12.1 Å². The van der Waals surface area contributed by atoms with Crippen molar-refractivity contribution in [3.05, 3.63) is 65.5 Å². The maximum atomic E-state index is 14.0. The Hall–Kier alpha value is -2.86. The average molecular weight is 392 g/mol. The van der Waals surface area contributed by atoms with Gasteiger partial charge in [-0.15, -0.1) is 0 Å². The molecule has 4 nitrogen and oxygen atoms in total. The number of aryl methyl sites for hydroxylation is 1. The van der Waals surface area contributed by atoms with E-state index in [0.29, 0.717) is 5.56 Å². The minimum absolute atomic E-state index is 0.108. The van der Waals surface area contributed by atoms with E-state index in [4.69, 9.17) is 0 Å². The van der Waals surface area contributed by atoms with Gasteiger partial charge in [-0.3, -0.25) is 4.98 Å². The maximum absolute atomic E-state index is 14.0. The van der Waals surface area contributed by atoms with Crippen LogP contribution in [0.15, 0.2) is 48.8 Å². The van der Waals surface area contributed by atoms with Crippen LogP contribution in [0.5, 0.6) is 0 Å². The summed E-state index contributed by atoms with van der Waals surface area (Å²) < 4.78 is 28.1. The highest BCUT2D eigenvalue weighted by molar-refractivity contribution is 5.91. The third-order valence-electron chi connectivity index (χ3n) is 5.77. The highest BCUT2D eigenvalue weighted by Crippen LogP contribution is 2.41. The Bertz CT molecular complexity index is 1090. The lowest BCUT2D eigenvalue weighted by atomic mass is 9.89. The number of anilines is 2. The van der Waals surface area contributed by atoms with Gasteiger partial charge in [-0.25, -0.2) is 13.8 Å². The van der Waals surface area contributed by atoms with Gasteiger partial charge in [0, 0.05) is 42.1 Å². The number of nitrogens with one attached hydrogen (secondary N) is 1. The molecule has 148 valence electrons. The summed E-state index contributed by atoms with van der Waals surface area (Å²) in [6, 6.07) is 9.48. The Kier molecular flexibility index (Phi) is 4.72. The van der Waals surface area contributed by atoms with Gasteiger partial charge in [0.1, 0.15) is 5.52 Å². The van der Waals surface area contributed by atoms with Crippen LogP contribution in [-0.4, -0.2) is 29.6 Å². The molecule has 0 saturated carbocycles. The molecule has 0 atom stereocenters. The van der Waals surface area contributed by atoms with E-state index in [1.165, 1.54) is 0 Å². The van der Waals surface area contributed by atoms with Gasteiger partial charge < -0.3 is 10.2 Å². The van der Waals surface area contributed by atoms with Crippen LogP contribution in [0.25, 0.3) is 16.5 Å². The van der Waals surface area contributed by atoms with Gasteiger partial charge in [0.15, 0.2) is 5.82 Å². The van der Waals surface area contributed by atoms with Crippen LogP contribution in [0.3, 0.4) is 0 Å². The van der Waals surface area contributed by atoms with Crippen LogP contribution in [0.2, 0.25) is 0 Å². The summed E-state index contributed by atoms with van der Waals surface area (Å²) in [6.07, 6.45) is 5.63. The summed E-state index contributed by atoms with van der Waals surface area (Å²) in [5.74, 6) is 0.734. The summed E-state index contributed by atoms with van der Waals surface area (Å²) in [7, 11) is 0.